The average molecular weight is 632 g/mol. The number of nitrogens with zero attached hydrogens (tertiary/aromatic N) is 3. The van der Waals surface area contributed by atoms with Gasteiger partial charge in [-0.15, -0.1) is 0 Å². The van der Waals surface area contributed by atoms with Gasteiger partial charge >= 0.3 is 5.97 Å². The van der Waals surface area contributed by atoms with Gasteiger partial charge in [-0.25, -0.2) is 23.2 Å². The fourth-order valence-corrected chi connectivity index (χ4v) is 10.2. The molecular weight excluding hydrogens is 595 g/mol. The van der Waals surface area contributed by atoms with Gasteiger partial charge in [0.2, 0.25) is 11.1 Å². The Labute approximate surface area is 257 Å². The molecule has 0 aromatic carbocycles. The van der Waals surface area contributed by atoms with Gasteiger partial charge in [0, 0.05) is 23.4 Å². The zero-order chi connectivity index (χ0) is 31.1. The van der Waals surface area contributed by atoms with E-state index in [1.807, 2.05) is 13.0 Å². The number of carbonyl (C=O) groups is 2. The summed E-state index contributed by atoms with van der Waals surface area (Å²) in [6, 6.07) is 1.87. The van der Waals surface area contributed by atoms with Gasteiger partial charge in [-0.1, -0.05) is 19.4 Å². The highest BCUT2D eigenvalue weighted by molar-refractivity contribution is 8.13. The van der Waals surface area contributed by atoms with Crippen molar-refractivity contribution in [1.29, 1.82) is 0 Å². The molecule has 1 N–H and O–H groups in total. The third-order valence-electron chi connectivity index (χ3n) is 11.6. The molecule has 3 saturated carbocycles. The molecule has 12 heteroatoms. The van der Waals surface area contributed by atoms with Crippen molar-refractivity contribution in [3.05, 3.63) is 47.3 Å². The molecule has 3 heterocycles. The standard InChI is InChI=1S/C32H36F3N3O5S/c1-29-13-18-15-37-38(20-6-8-26(34)36-16-20)23(18)12-19(29)5-7-22-21-9-10-31(28(41)44-17-33,43-27(40)24-4-3-11-42-24)30(21,2)14-25(39)32(22,29)35/h6,8,12,15-16,21-22,24-25,39H,3-5,7,9-11,13-14,17H2,1-2H3/t21-,22?,24?,25?,29?,30?,31?,32-/m0/s1. The predicted molar refractivity (Wildman–Crippen MR) is 155 cm³/mol. The molecule has 4 aliphatic carbocycles. The van der Waals surface area contributed by atoms with E-state index in [-0.39, 0.29) is 18.8 Å². The zero-order valence-electron chi connectivity index (χ0n) is 24.7. The van der Waals surface area contributed by atoms with E-state index in [9.17, 15) is 23.5 Å². The summed E-state index contributed by atoms with van der Waals surface area (Å²) in [5.74, 6) is -2.26. The summed E-state index contributed by atoms with van der Waals surface area (Å²) in [4.78, 5) is 30.7. The Morgan fingerprint density at radius 1 is 1.20 bits per heavy atom. The molecule has 6 unspecified atom stereocenters. The van der Waals surface area contributed by atoms with Crippen molar-refractivity contribution in [2.45, 2.75) is 88.7 Å². The highest BCUT2D eigenvalue weighted by atomic mass is 32.2. The van der Waals surface area contributed by atoms with Crippen LogP contribution < -0.4 is 0 Å². The van der Waals surface area contributed by atoms with Crippen LogP contribution in [0, 0.1) is 28.6 Å². The first kappa shape index (κ1) is 30.0. The molecule has 7 rings (SSSR count). The van der Waals surface area contributed by atoms with Gasteiger partial charge in [-0.05, 0) is 92.8 Å². The minimum atomic E-state index is -2.04. The molecule has 4 fully saturated rings. The Morgan fingerprint density at radius 2 is 2.02 bits per heavy atom. The third kappa shape index (κ3) is 3.98. The minimum Gasteiger partial charge on any atom is -0.448 e. The first-order chi connectivity index (χ1) is 21.0. The summed E-state index contributed by atoms with van der Waals surface area (Å²) >= 11 is 0.464. The van der Waals surface area contributed by atoms with E-state index in [1.54, 1.807) is 23.9 Å². The van der Waals surface area contributed by atoms with Crippen LogP contribution in [0.25, 0.3) is 11.8 Å². The summed E-state index contributed by atoms with van der Waals surface area (Å²) < 4.78 is 58.4. The molecule has 44 heavy (non-hydrogen) atoms. The molecule has 5 aliphatic rings. The number of alkyl halides is 2. The maximum Gasteiger partial charge on any atom is 0.336 e. The van der Waals surface area contributed by atoms with Gasteiger partial charge in [0.1, 0.15) is 11.7 Å². The monoisotopic (exact) mass is 631 g/mol. The van der Waals surface area contributed by atoms with E-state index in [0.29, 0.717) is 62.6 Å². The second-order valence-electron chi connectivity index (χ2n) is 13.5. The largest absolute Gasteiger partial charge is 0.448 e. The Bertz CT molecular complexity index is 1530. The maximum atomic E-state index is 18.1. The van der Waals surface area contributed by atoms with E-state index in [4.69, 9.17) is 9.47 Å². The van der Waals surface area contributed by atoms with Gasteiger partial charge in [-0.3, -0.25) is 4.79 Å². The number of halogens is 3. The van der Waals surface area contributed by atoms with Crippen LogP contribution in [0.4, 0.5) is 13.2 Å². The van der Waals surface area contributed by atoms with Gasteiger partial charge in [-0.2, -0.15) is 9.49 Å². The number of allylic oxidation sites excluding steroid dienone is 1. The number of aliphatic hydroxyl groups excluding tert-OH is 1. The molecule has 2 aromatic heterocycles. The van der Waals surface area contributed by atoms with Crippen LogP contribution in [0.5, 0.6) is 0 Å². The molecule has 8 nitrogen and oxygen atoms in total. The molecule has 8 atom stereocenters. The average Bonchev–Trinajstić information content (AvgIpc) is 3.73. The van der Waals surface area contributed by atoms with Gasteiger partial charge in [0.15, 0.2) is 11.7 Å². The smallest absolute Gasteiger partial charge is 0.336 e. The summed E-state index contributed by atoms with van der Waals surface area (Å²) in [6.07, 6.45) is 5.65. The first-order valence-corrected chi connectivity index (χ1v) is 16.3. The number of thioether (sulfide) groups is 1. The van der Waals surface area contributed by atoms with Crippen molar-refractivity contribution >= 4 is 28.9 Å². The first-order valence-electron chi connectivity index (χ1n) is 15.3. The second kappa shape index (κ2) is 10.4. The predicted octanol–water partition coefficient (Wildman–Crippen LogP) is 5.30. The lowest BCUT2D eigenvalue weighted by Crippen LogP contribution is -2.70. The number of fused-ring (bicyclic) bond motifs is 6. The van der Waals surface area contributed by atoms with Crippen molar-refractivity contribution in [3.8, 4) is 5.69 Å². The number of hydrogen-bond donors (Lipinski definition) is 1. The lowest BCUT2D eigenvalue weighted by molar-refractivity contribution is -0.230. The highest BCUT2D eigenvalue weighted by Crippen LogP contribution is 2.71. The van der Waals surface area contributed by atoms with Crippen molar-refractivity contribution < 1.29 is 37.3 Å². The Hall–Kier alpha value is -2.70. The van der Waals surface area contributed by atoms with Crippen LogP contribution in [0.15, 0.2) is 30.1 Å². The van der Waals surface area contributed by atoms with E-state index < -0.39 is 63.3 Å². The van der Waals surface area contributed by atoms with Crippen LogP contribution in [0.1, 0.15) is 70.1 Å². The molecule has 1 saturated heterocycles. The van der Waals surface area contributed by atoms with Crippen molar-refractivity contribution in [2.75, 3.05) is 12.6 Å². The second-order valence-corrected chi connectivity index (χ2v) is 14.3. The quantitative estimate of drug-likeness (QED) is 0.351. The number of aromatic nitrogens is 3. The number of ether oxygens (including phenoxy) is 2. The van der Waals surface area contributed by atoms with E-state index in [0.717, 1.165) is 16.8 Å². The number of rotatable bonds is 5. The molecule has 236 valence electrons. The van der Waals surface area contributed by atoms with E-state index in [2.05, 4.69) is 10.1 Å². The number of esters is 1. The van der Waals surface area contributed by atoms with Gasteiger partial charge in [0.25, 0.3) is 0 Å². The van der Waals surface area contributed by atoms with E-state index >= 15 is 4.39 Å². The molecule has 0 spiro atoms. The van der Waals surface area contributed by atoms with Gasteiger partial charge < -0.3 is 14.6 Å². The normalized spacial score (nSPS) is 39.1. The zero-order valence-corrected chi connectivity index (χ0v) is 25.5. The molecule has 0 radical (unpaired) electrons. The summed E-state index contributed by atoms with van der Waals surface area (Å²) in [5, 5.41) is 15.8. The van der Waals surface area contributed by atoms with Crippen LogP contribution in [0.3, 0.4) is 0 Å². The highest BCUT2D eigenvalue weighted by Gasteiger charge is 2.76. The number of hydrogen-bond acceptors (Lipinski definition) is 8. The molecule has 0 amide bonds. The maximum absolute atomic E-state index is 18.1. The topological polar surface area (TPSA) is 104 Å². The molecule has 0 bridgehead atoms. The molecule has 1 aliphatic heterocycles. The van der Waals surface area contributed by atoms with Gasteiger partial charge in [0.05, 0.1) is 29.9 Å². The Kier molecular flexibility index (Phi) is 7.10. The third-order valence-corrected chi connectivity index (χ3v) is 12.3. The molecule has 2 aromatic rings. The number of pyridine rings is 1. The lowest BCUT2D eigenvalue weighted by atomic mass is 9.44. The van der Waals surface area contributed by atoms with Crippen molar-refractivity contribution in [2.24, 2.45) is 22.7 Å². The molecular formula is C32H36F3N3O5S. The number of aliphatic hydroxyl groups is 1. The Balaban J connectivity index is 1.25. The van der Waals surface area contributed by atoms with Crippen molar-refractivity contribution in [1.82, 2.24) is 14.8 Å². The van der Waals surface area contributed by atoms with E-state index in [1.165, 1.54) is 12.3 Å². The van der Waals surface area contributed by atoms with Crippen LogP contribution in [0.2, 0.25) is 0 Å². The van der Waals surface area contributed by atoms with Crippen LogP contribution >= 0.6 is 11.8 Å². The SMILES string of the molecule is CC12CC(O)[C@@]3(F)C(CCC4=Cc5c(cnn5-c5ccc(F)nc5)CC43C)[C@@H]1CCC2(OC(=O)C1CCCO1)C(=O)SCF. The van der Waals surface area contributed by atoms with Crippen LogP contribution in [-0.2, 0) is 25.5 Å². The number of carbonyl (C=O) groups excluding carboxylic acids is 2. The van der Waals surface area contributed by atoms with Crippen molar-refractivity contribution in [3.63, 3.8) is 0 Å². The Morgan fingerprint density at radius 3 is 2.73 bits per heavy atom. The fraction of sp³-hybridized carbons (Fsp3) is 0.625. The summed E-state index contributed by atoms with van der Waals surface area (Å²) in [5.41, 5.74) is -2.86. The van der Waals surface area contributed by atoms with Crippen LogP contribution in [-0.4, -0.2) is 67.0 Å². The minimum absolute atomic E-state index is 0.113. The summed E-state index contributed by atoms with van der Waals surface area (Å²) in [6.45, 7) is 4.08. The summed E-state index contributed by atoms with van der Waals surface area (Å²) in [7, 11) is 0. The lowest BCUT2D eigenvalue weighted by Gasteiger charge is -2.63. The fourth-order valence-electron chi connectivity index (χ4n) is 9.45.